The molecule has 0 saturated carbocycles. The first-order valence-electron chi connectivity index (χ1n) is 9.69. The van der Waals surface area contributed by atoms with Crippen LogP contribution >= 0.6 is 15.9 Å². The first-order valence-corrected chi connectivity index (χ1v) is 11.3. The minimum absolute atomic E-state index is 0.0320. The number of ether oxygens (including phenoxy) is 1. The summed E-state index contributed by atoms with van der Waals surface area (Å²) < 4.78 is 6.09. The highest BCUT2D eigenvalue weighted by atomic mass is 79.9. The van der Waals surface area contributed by atoms with Crippen LogP contribution in [0.25, 0.3) is 0 Å². The Morgan fingerprint density at radius 3 is 1.79 bits per heavy atom. The number of fused-ring (bicyclic) bond motifs is 2. The molecule has 4 rings (SSSR count). The Kier molecular flexibility index (Phi) is 6.73. The van der Waals surface area contributed by atoms with E-state index >= 15 is 0 Å². The van der Waals surface area contributed by atoms with E-state index in [1.54, 1.807) is 0 Å². The summed E-state index contributed by atoms with van der Waals surface area (Å²) in [5.74, 6) is 1.65. The predicted molar refractivity (Wildman–Crippen MR) is 118 cm³/mol. The number of piperidine rings is 1. The van der Waals surface area contributed by atoms with E-state index < -0.39 is 5.41 Å². The van der Waals surface area contributed by atoms with Gasteiger partial charge in [0, 0.05) is 24.9 Å². The highest BCUT2D eigenvalue weighted by Crippen LogP contribution is 2.36. The summed E-state index contributed by atoms with van der Waals surface area (Å²) in [6.45, 7) is 1.97. The monoisotopic (exact) mass is 441 g/mol. The summed E-state index contributed by atoms with van der Waals surface area (Å²) >= 11 is 2.94. The van der Waals surface area contributed by atoms with Gasteiger partial charge in [-0.25, -0.2) is 0 Å². The molecule has 1 saturated heterocycles. The molecule has 2 heterocycles. The zero-order valence-electron chi connectivity index (χ0n) is 16.7. The zero-order chi connectivity index (χ0) is 20.1. The number of alkyl halides is 1. The maximum absolute atomic E-state index is 13.4. The molecule has 4 heteroatoms. The fraction of sp³-hybridized carbons (Fsp3) is 0.375. The minimum atomic E-state index is -0.807. The molecule has 0 spiro atoms. The Bertz CT molecular complexity index is 750. The maximum atomic E-state index is 13.4. The third kappa shape index (κ3) is 3.94. The zero-order valence-corrected chi connectivity index (χ0v) is 18.3. The van der Waals surface area contributed by atoms with Crippen LogP contribution in [0.15, 0.2) is 72.8 Å². The van der Waals surface area contributed by atoms with Crippen molar-refractivity contribution in [3.63, 3.8) is 0 Å². The maximum Gasteiger partial charge on any atom is 0.321 e. The van der Waals surface area contributed by atoms with E-state index in [1.807, 2.05) is 73.4 Å². The molecule has 0 N–H and O–H groups in total. The van der Waals surface area contributed by atoms with Crippen LogP contribution in [0, 0.1) is 0 Å². The molecule has 1 fully saturated rings. The molecule has 2 aliphatic rings. The third-order valence-electron chi connectivity index (χ3n) is 5.99. The number of nitrogens with zero attached hydrogens (tertiary/aromatic N) is 1. The minimum Gasteiger partial charge on any atom is -0.461 e. The molecular weight excluding hydrogens is 414 g/mol. The van der Waals surface area contributed by atoms with E-state index in [1.165, 1.54) is 0 Å². The second kappa shape index (κ2) is 9.06. The lowest BCUT2D eigenvalue weighted by Gasteiger charge is -2.38. The second-order valence-electron chi connectivity index (χ2n) is 7.54. The standard InChI is InChI=1S/C23H25NO2.CH3Br/c1-23(17-9-5-3-6-10-17,18-11-7-4-8-12-18)22(25)26-21-15-19-13-14-20(16-21)24(19)2;1-2/h3-14,19-21H,15-16H2,1-2H3;1H3. The largest absolute Gasteiger partial charge is 0.461 e. The topological polar surface area (TPSA) is 29.5 Å². The molecule has 2 unspecified atom stereocenters. The van der Waals surface area contributed by atoms with Gasteiger partial charge in [-0.15, -0.1) is 0 Å². The van der Waals surface area contributed by atoms with Gasteiger partial charge in [-0.05, 0) is 30.9 Å². The van der Waals surface area contributed by atoms with Crippen molar-refractivity contribution in [3.8, 4) is 0 Å². The highest BCUT2D eigenvalue weighted by molar-refractivity contribution is 9.08. The smallest absolute Gasteiger partial charge is 0.321 e. The average molecular weight is 442 g/mol. The van der Waals surface area contributed by atoms with E-state index in [0.29, 0.717) is 12.1 Å². The molecule has 2 aromatic rings. The lowest BCUT2D eigenvalue weighted by atomic mass is 9.76. The molecule has 28 heavy (non-hydrogen) atoms. The number of carbonyl (C=O) groups excluding carboxylic acids is 1. The Morgan fingerprint density at radius 2 is 1.36 bits per heavy atom. The molecule has 0 radical (unpaired) electrons. The van der Waals surface area contributed by atoms with E-state index in [-0.39, 0.29) is 12.1 Å². The molecule has 3 nitrogen and oxygen atoms in total. The van der Waals surface area contributed by atoms with E-state index in [9.17, 15) is 4.79 Å². The van der Waals surface area contributed by atoms with Crippen molar-refractivity contribution in [3.05, 3.63) is 83.9 Å². The fourth-order valence-electron chi connectivity index (χ4n) is 4.21. The fourth-order valence-corrected chi connectivity index (χ4v) is 4.21. The van der Waals surface area contributed by atoms with E-state index in [2.05, 4.69) is 40.0 Å². The summed E-state index contributed by atoms with van der Waals surface area (Å²) in [6, 6.07) is 20.6. The van der Waals surface area contributed by atoms with Crippen molar-refractivity contribution in [1.82, 2.24) is 4.90 Å². The summed E-state index contributed by atoms with van der Waals surface area (Å²) in [5, 5.41) is 0. The first kappa shape index (κ1) is 20.8. The SMILES string of the molecule is CBr.CN1C2C=CC1CC(OC(=O)C(C)(c1ccccc1)c1ccccc1)C2. The van der Waals surface area contributed by atoms with Gasteiger partial charge in [-0.3, -0.25) is 9.69 Å². The van der Waals surface area contributed by atoms with Gasteiger partial charge >= 0.3 is 5.97 Å². The lowest BCUT2D eigenvalue weighted by molar-refractivity contribution is -0.157. The van der Waals surface area contributed by atoms with Gasteiger partial charge in [0.25, 0.3) is 0 Å². The molecule has 2 aromatic carbocycles. The number of hydrogen-bond donors (Lipinski definition) is 0. The number of carbonyl (C=O) groups is 1. The van der Waals surface area contributed by atoms with Crippen molar-refractivity contribution >= 4 is 21.9 Å². The Balaban J connectivity index is 0.00000109. The number of likely N-dealkylation sites (N-methyl/N-ethyl adjacent to an activating group) is 1. The van der Waals surface area contributed by atoms with Crippen LogP contribution in [0.3, 0.4) is 0 Å². The Hall–Kier alpha value is -1.91. The van der Waals surface area contributed by atoms with Crippen molar-refractivity contribution in [1.29, 1.82) is 0 Å². The van der Waals surface area contributed by atoms with Crippen LogP contribution in [0.2, 0.25) is 0 Å². The normalized spacial score (nSPS) is 23.6. The third-order valence-corrected chi connectivity index (χ3v) is 5.99. The van der Waals surface area contributed by atoms with E-state index in [0.717, 1.165) is 24.0 Å². The van der Waals surface area contributed by atoms with Gasteiger partial charge in [0.1, 0.15) is 11.5 Å². The van der Waals surface area contributed by atoms with Crippen molar-refractivity contribution in [2.75, 3.05) is 12.9 Å². The summed E-state index contributed by atoms with van der Waals surface area (Å²) in [6.07, 6.45) is 6.19. The molecule has 2 bridgehead atoms. The lowest BCUT2D eigenvalue weighted by Crippen LogP contribution is -2.46. The second-order valence-corrected chi connectivity index (χ2v) is 7.54. The summed E-state index contributed by atoms with van der Waals surface area (Å²) in [5.41, 5.74) is 1.12. The Morgan fingerprint density at radius 1 is 0.929 bits per heavy atom. The van der Waals surface area contributed by atoms with Gasteiger partial charge in [0.15, 0.2) is 0 Å². The number of esters is 1. The average Bonchev–Trinajstić information content (AvgIpc) is 2.95. The quantitative estimate of drug-likeness (QED) is 0.381. The summed E-state index contributed by atoms with van der Waals surface area (Å²) in [7, 11) is 2.14. The number of halogens is 1. The molecule has 0 aliphatic carbocycles. The van der Waals surface area contributed by atoms with Crippen LogP contribution in [0.4, 0.5) is 0 Å². The van der Waals surface area contributed by atoms with Crippen LogP contribution in [-0.4, -0.2) is 41.9 Å². The van der Waals surface area contributed by atoms with Gasteiger partial charge < -0.3 is 4.74 Å². The molecule has 2 aliphatic heterocycles. The van der Waals surface area contributed by atoms with Crippen molar-refractivity contribution < 1.29 is 9.53 Å². The number of benzene rings is 2. The number of hydrogen-bond acceptors (Lipinski definition) is 3. The molecule has 2 atom stereocenters. The first-order chi connectivity index (χ1) is 13.6. The van der Waals surface area contributed by atoms with Crippen LogP contribution < -0.4 is 0 Å². The van der Waals surface area contributed by atoms with Gasteiger partial charge in [0.05, 0.1) is 0 Å². The predicted octanol–water partition coefficient (Wildman–Crippen LogP) is 4.95. The van der Waals surface area contributed by atoms with Crippen molar-refractivity contribution in [2.24, 2.45) is 0 Å². The van der Waals surface area contributed by atoms with Gasteiger partial charge in [-0.1, -0.05) is 88.7 Å². The highest BCUT2D eigenvalue weighted by Gasteiger charge is 2.42. The van der Waals surface area contributed by atoms with Crippen LogP contribution in [0.1, 0.15) is 30.9 Å². The molecule has 148 valence electrons. The van der Waals surface area contributed by atoms with Crippen LogP contribution in [-0.2, 0) is 14.9 Å². The van der Waals surface area contributed by atoms with Gasteiger partial charge in [-0.2, -0.15) is 0 Å². The van der Waals surface area contributed by atoms with E-state index in [4.69, 9.17) is 4.74 Å². The van der Waals surface area contributed by atoms with Crippen LogP contribution in [0.5, 0.6) is 0 Å². The Labute approximate surface area is 176 Å². The van der Waals surface area contributed by atoms with Gasteiger partial charge in [0.2, 0.25) is 0 Å². The molecular formula is C24H28BrNO2. The molecule has 0 aromatic heterocycles. The van der Waals surface area contributed by atoms with Crippen molar-refractivity contribution in [2.45, 2.75) is 43.4 Å². The summed E-state index contributed by atoms with van der Waals surface area (Å²) in [4.78, 5) is 15.8. The molecule has 0 amide bonds. The number of rotatable bonds is 4.